The molecule has 0 radical (unpaired) electrons. The lowest BCUT2D eigenvalue weighted by molar-refractivity contribution is -0.136. The van der Waals surface area contributed by atoms with Gasteiger partial charge in [-0.05, 0) is 51.4 Å². The van der Waals surface area contributed by atoms with Crippen LogP contribution in [-0.4, -0.2) is 62.2 Å². The van der Waals surface area contributed by atoms with Crippen molar-refractivity contribution < 1.29 is 9.53 Å². The molecule has 0 aromatic rings. The van der Waals surface area contributed by atoms with Crippen molar-refractivity contribution in [2.75, 3.05) is 39.4 Å². The van der Waals surface area contributed by atoms with E-state index in [9.17, 15) is 4.79 Å². The maximum atomic E-state index is 12.5. The Kier molecular flexibility index (Phi) is 9.23. The van der Waals surface area contributed by atoms with E-state index in [0.717, 1.165) is 63.8 Å². The van der Waals surface area contributed by atoms with Crippen LogP contribution in [0.2, 0.25) is 0 Å². The van der Waals surface area contributed by atoms with Crippen LogP contribution in [0.4, 0.5) is 0 Å². The van der Waals surface area contributed by atoms with Crippen molar-refractivity contribution >= 4 is 11.9 Å². The van der Waals surface area contributed by atoms with Gasteiger partial charge in [-0.1, -0.05) is 13.8 Å². The number of nitrogens with one attached hydrogen (secondary N) is 2. The Morgan fingerprint density at radius 2 is 1.85 bits per heavy atom. The van der Waals surface area contributed by atoms with Gasteiger partial charge in [-0.2, -0.15) is 0 Å². The normalized spacial score (nSPS) is 19.1. The van der Waals surface area contributed by atoms with E-state index < -0.39 is 0 Å². The number of aliphatic imine (C=N–C) groups is 1. The smallest absolute Gasteiger partial charge is 0.225 e. The minimum absolute atomic E-state index is 0.189. The molecule has 6 nitrogen and oxygen atoms in total. The van der Waals surface area contributed by atoms with Crippen molar-refractivity contribution in [2.24, 2.45) is 16.8 Å². The summed E-state index contributed by atoms with van der Waals surface area (Å²) in [6.07, 6.45) is 6.49. The van der Waals surface area contributed by atoms with Gasteiger partial charge in [-0.25, -0.2) is 0 Å². The Hall–Kier alpha value is -1.30. The highest BCUT2D eigenvalue weighted by Crippen LogP contribution is 2.28. The number of hydrogen-bond acceptors (Lipinski definition) is 3. The van der Waals surface area contributed by atoms with Crippen molar-refractivity contribution in [2.45, 2.75) is 65.3 Å². The van der Waals surface area contributed by atoms with Gasteiger partial charge in [0, 0.05) is 38.2 Å². The maximum absolute atomic E-state index is 12.5. The van der Waals surface area contributed by atoms with Crippen LogP contribution in [0, 0.1) is 11.8 Å². The summed E-state index contributed by atoms with van der Waals surface area (Å²) in [5.74, 6) is 2.20. The van der Waals surface area contributed by atoms with Crippen LogP contribution in [0.15, 0.2) is 4.99 Å². The highest BCUT2D eigenvalue weighted by molar-refractivity contribution is 5.80. The monoisotopic (exact) mass is 366 g/mol. The molecular formula is C20H38N4O2. The van der Waals surface area contributed by atoms with Crippen molar-refractivity contribution in [1.82, 2.24) is 15.5 Å². The minimum Gasteiger partial charge on any atom is -0.379 e. The number of amides is 1. The molecule has 0 unspecified atom stereocenters. The molecule has 0 atom stereocenters. The Labute approximate surface area is 159 Å². The molecule has 2 fully saturated rings. The molecule has 1 heterocycles. The second-order valence-corrected chi connectivity index (χ2v) is 7.54. The first-order valence-corrected chi connectivity index (χ1v) is 10.6. The summed E-state index contributed by atoms with van der Waals surface area (Å²) >= 11 is 0. The summed E-state index contributed by atoms with van der Waals surface area (Å²) in [5, 5.41) is 6.85. The van der Waals surface area contributed by atoms with Gasteiger partial charge in [0.2, 0.25) is 5.91 Å². The van der Waals surface area contributed by atoms with Crippen LogP contribution in [0.5, 0.6) is 0 Å². The highest BCUT2D eigenvalue weighted by Gasteiger charge is 2.26. The Morgan fingerprint density at radius 3 is 2.42 bits per heavy atom. The molecule has 2 rings (SSSR count). The molecular weight excluding hydrogens is 328 g/mol. The van der Waals surface area contributed by atoms with Gasteiger partial charge in [-0.15, -0.1) is 0 Å². The quantitative estimate of drug-likeness (QED) is 0.354. The lowest BCUT2D eigenvalue weighted by Gasteiger charge is -2.34. The van der Waals surface area contributed by atoms with Gasteiger partial charge in [0.05, 0.1) is 13.2 Å². The first-order valence-electron chi connectivity index (χ1n) is 10.6. The van der Waals surface area contributed by atoms with Gasteiger partial charge in [-0.3, -0.25) is 9.79 Å². The van der Waals surface area contributed by atoms with Crippen molar-refractivity contribution in [3.63, 3.8) is 0 Å². The van der Waals surface area contributed by atoms with E-state index in [4.69, 9.17) is 4.74 Å². The second kappa shape index (κ2) is 11.4. The summed E-state index contributed by atoms with van der Waals surface area (Å²) < 4.78 is 5.65. The molecule has 1 aliphatic carbocycles. The SMILES string of the molecule is CCNC(=NCCOCC1CC1)NC1CCN(C(=O)C(CC)CC)CC1. The van der Waals surface area contributed by atoms with Crippen LogP contribution >= 0.6 is 0 Å². The van der Waals surface area contributed by atoms with E-state index >= 15 is 0 Å². The Balaban J connectivity index is 1.70. The first-order chi connectivity index (χ1) is 12.7. The number of ether oxygens (including phenoxy) is 1. The fourth-order valence-corrected chi connectivity index (χ4v) is 3.41. The summed E-state index contributed by atoms with van der Waals surface area (Å²) in [6.45, 7) is 11.1. The molecule has 1 saturated carbocycles. The average Bonchev–Trinajstić information content (AvgIpc) is 3.47. The molecule has 150 valence electrons. The van der Waals surface area contributed by atoms with Crippen molar-refractivity contribution in [3.8, 4) is 0 Å². The Morgan fingerprint density at radius 1 is 1.15 bits per heavy atom. The number of carbonyl (C=O) groups excluding carboxylic acids is 1. The average molecular weight is 367 g/mol. The van der Waals surface area contributed by atoms with Crippen LogP contribution in [-0.2, 0) is 9.53 Å². The molecule has 1 saturated heterocycles. The zero-order valence-corrected chi connectivity index (χ0v) is 16.9. The Bertz CT molecular complexity index is 439. The number of rotatable bonds is 10. The van der Waals surface area contributed by atoms with Gasteiger partial charge < -0.3 is 20.3 Å². The van der Waals surface area contributed by atoms with Crippen molar-refractivity contribution in [3.05, 3.63) is 0 Å². The van der Waals surface area contributed by atoms with E-state index in [1.165, 1.54) is 12.8 Å². The van der Waals surface area contributed by atoms with Gasteiger partial charge in [0.25, 0.3) is 0 Å². The molecule has 26 heavy (non-hydrogen) atoms. The second-order valence-electron chi connectivity index (χ2n) is 7.54. The van der Waals surface area contributed by atoms with Crippen LogP contribution in [0.3, 0.4) is 0 Å². The standard InChI is InChI=1S/C20H38N4O2/c1-4-17(5-2)19(25)24-12-9-18(10-13-24)23-20(21-6-3)22-11-14-26-15-16-7-8-16/h16-18H,4-15H2,1-3H3,(H2,21,22,23). The molecule has 6 heteroatoms. The number of nitrogens with zero attached hydrogens (tertiary/aromatic N) is 2. The zero-order chi connectivity index (χ0) is 18.8. The zero-order valence-electron chi connectivity index (χ0n) is 16.9. The fourth-order valence-electron chi connectivity index (χ4n) is 3.41. The third kappa shape index (κ3) is 7.14. The number of guanidine groups is 1. The first kappa shape index (κ1) is 21.0. The van der Waals surface area contributed by atoms with Gasteiger partial charge in [0.1, 0.15) is 0 Å². The van der Waals surface area contributed by atoms with E-state index in [0.29, 0.717) is 25.1 Å². The van der Waals surface area contributed by atoms with Crippen LogP contribution in [0.25, 0.3) is 0 Å². The molecule has 0 aromatic carbocycles. The maximum Gasteiger partial charge on any atom is 0.225 e. The molecule has 2 aliphatic rings. The fraction of sp³-hybridized carbons (Fsp3) is 0.900. The lowest BCUT2D eigenvalue weighted by Crippen LogP contribution is -2.50. The predicted molar refractivity (Wildman–Crippen MR) is 106 cm³/mol. The summed E-state index contributed by atoms with van der Waals surface area (Å²) in [6, 6.07) is 0.380. The minimum atomic E-state index is 0.189. The van der Waals surface area contributed by atoms with E-state index in [1.54, 1.807) is 0 Å². The van der Waals surface area contributed by atoms with Gasteiger partial charge in [0.15, 0.2) is 5.96 Å². The lowest BCUT2D eigenvalue weighted by atomic mass is 9.98. The number of carbonyl (C=O) groups is 1. The number of likely N-dealkylation sites (tertiary alicyclic amines) is 1. The topological polar surface area (TPSA) is 66.0 Å². The highest BCUT2D eigenvalue weighted by atomic mass is 16.5. The third-order valence-electron chi connectivity index (χ3n) is 5.38. The van der Waals surface area contributed by atoms with Gasteiger partial charge >= 0.3 is 0 Å². The summed E-state index contributed by atoms with van der Waals surface area (Å²) in [7, 11) is 0. The van der Waals surface area contributed by atoms with E-state index in [2.05, 4.69) is 36.4 Å². The summed E-state index contributed by atoms with van der Waals surface area (Å²) in [4.78, 5) is 19.2. The molecule has 1 aliphatic heterocycles. The molecule has 0 bridgehead atoms. The van der Waals surface area contributed by atoms with E-state index in [1.807, 2.05) is 4.90 Å². The van der Waals surface area contributed by atoms with Crippen LogP contribution < -0.4 is 10.6 Å². The molecule has 1 amide bonds. The molecule has 0 aromatic heterocycles. The molecule has 0 spiro atoms. The third-order valence-corrected chi connectivity index (χ3v) is 5.38. The molecule has 2 N–H and O–H groups in total. The number of hydrogen-bond donors (Lipinski definition) is 2. The predicted octanol–water partition coefficient (Wildman–Crippen LogP) is 2.40. The largest absolute Gasteiger partial charge is 0.379 e. The summed E-state index contributed by atoms with van der Waals surface area (Å²) in [5.41, 5.74) is 0. The van der Waals surface area contributed by atoms with Crippen molar-refractivity contribution in [1.29, 1.82) is 0 Å². The van der Waals surface area contributed by atoms with Crippen LogP contribution in [0.1, 0.15) is 59.3 Å². The number of piperidine rings is 1. The van der Waals surface area contributed by atoms with E-state index in [-0.39, 0.29) is 5.92 Å².